The van der Waals surface area contributed by atoms with E-state index in [2.05, 4.69) is 0 Å². The minimum atomic E-state index is -2.49. The average Bonchev–Trinajstić information content (AvgIpc) is 0.835. The summed E-state index contributed by atoms with van der Waals surface area (Å²) in [6.45, 7) is 12.7. The minimum absolute atomic E-state index is 0.0521. The van der Waals surface area contributed by atoms with Gasteiger partial charge in [0.15, 0.2) is 17.5 Å². The zero-order valence-electron chi connectivity index (χ0n) is 66.7. The Bertz CT molecular complexity index is 2590. The Labute approximate surface area is 654 Å². The molecule has 0 aromatic rings. The van der Waals surface area contributed by atoms with Crippen LogP contribution in [0.4, 0.5) is 0 Å². The van der Waals surface area contributed by atoms with Gasteiger partial charge in [-0.1, -0.05) is 89.9 Å². The number of carbonyl (C=O) groups is 20. The number of ketones is 9. The van der Waals surface area contributed by atoms with Crippen LogP contribution >= 0.6 is 0 Å². The second kappa shape index (κ2) is 81.5. The smallest absolute Gasteiger partial charge is 0.336 e. The normalized spacial score (nSPS) is 11.8. The highest BCUT2D eigenvalue weighted by Gasteiger charge is 2.40. The van der Waals surface area contributed by atoms with E-state index in [1.807, 2.05) is 0 Å². The van der Waals surface area contributed by atoms with E-state index in [4.69, 9.17) is 76.6 Å². The van der Waals surface area contributed by atoms with Gasteiger partial charge in [0.05, 0.1) is 18.8 Å². The lowest BCUT2D eigenvalue weighted by Crippen LogP contribution is -2.49. The van der Waals surface area contributed by atoms with E-state index in [0.717, 1.165) is 136 Å². The third kappa shape index (κ3) is 114. The Hall–Kier alpha value is -9.00. The van der Waals surface area contributed by atoms with Crippen LogP contribution in [-0.4, -0.2) is 229 Å². The number of aliphatic carboxylic acids is 11. The molecule has 0 aliphatic rings. The lowest BCUT2D eigenvalue weighted by atomic mass is 9.94. The van der Waals surface area contributed by atoms with Crippen LogP contribution in [0.1, 0.15) is 326 Å². The molecule has 36 nitrogen and oxygen atoms in total. The highest BCUT2D eigenvalue weighted by molar-refractivity contribution is 5.90. The molecule has 0 aliphatic carbocycles. The Morgan fingerprint density at radius 1 is 0.223 bits per heavy atom. The van der Waals surface area contributed by atoms with E-state index in [-0.39, 0.29) is 79.0 Å². The first-order chi connectivity index (χ1) is 51.7. The van der Waals surface area contributed by atoms with Crippen molar-refractivity contribution in [3.8, 4) is 0 Å². The molecule has 16 N–H and O–H groups in total. The summed E-state index contributed by atoms with van der Waals surface area (Å²) < 4.78 is 0. The van der Waals surface area contributed by atoms with Gasteiger partial charge in [0.25, 0.3) is 0 Å². The zero-order valence-corrected chi connectivity index (χ0v) is 66.7. The maximum Gasteiger partial charge on any atom is 0.336 e. The summed E-state index contributed by atoms with van der Waals surface area (Å²) in [4.78, 5) is 206. The monoisotopic (exact) mass is 1620 g/mol. The summed E-state index contributed by atoms with van der Waals surface area (Å²) in [5, 5.41) is 136. The lowest BCUT2D eigenvalue weighted by Gasteiger charge is -2.22. The molecule has 6 unspecified atom stereocenters. The number of carboxylic acid groups (broad SMARTS) is 11. The van der Waals surface area contributed by atoms with Crippen molar-refractivity contribution in [1.29, 1.82) is 0 Å². The predicted octanol–water partition coefficient (Wildman–Crippen LogP) is 8.89. The Kier molecular flexibility index (Phi) is 88.2. The number of carbonyl (C=O) groups excluding carboxylic acids is 9. The van der Waals surface area contributed by atoms with Gasteiger partial charge in [-0.3, -0.25) is 52.7 Å². The van der Waals surface area contributed by atoms with Crippen molar-refractivity contribution in [2.45, 2.75) is 356 Å². The Morgan fingerprint density at radius 3 is 0.634 bits per heavy atom. The van der Waals surface area contributed by atoms with E-state index in [1.54, 1.807) is 27.7 Å². The minimum Gasteiger partial charge on any atom is -0.481 e. The summed E-state index contributed by atoms with van der Waals surface area (Å²) in [7, 11) is 0. The average molecular weight is 1620 g/mol. The first-order valence-electron chi connectivity index (χ1n) is 37.1. The third-order valence-electron chi connectivity index (χ3n) is 14.6. The number of rotatable bonds is 58. The summed E-state index contributed by atoms with van der Waals surface area (Å²) in [5.41, 5.74) is -2.49. The summed E-state index contributed by atoms with van der Waals surface area (Å²) >= 11 is 0. The van der Waals surface area contributed by atoms with Crippen LogP contribution in [0.15, 0.2) is 0 Å². The van der Waals surface area contributed by atoms with Crippen LogP contribution in [0.5, 0.6) is 0 Å². The molecular formula is C76H130O36. The Balaban J connectivity index is -0.000000153. The maximum absolute atomic E-state index is 10.7. The van der Waals surface area contributed by atoms with Gasteiger partial charge in [-0.25, -0.2) is 9.59 Å². The standard InChI is InChI=1S/C13H24O3.C11H20O3.C10H18O3.C8H14O3.C7H12O7.C7H10O6.C7H10O5.C7H12O3.C6H10O3/c1-12(14)10-8-6-4-2-3-5-7-9-11-13(15)16;1-10(12)8-6-4-2-3-5-7-9-11(13)14;1-9(11)7-5-3-2-4-6-8-10(12)13;1-7(9)5-3-2-4-6-8(10)11;1-2(8)3(9)4(10)5(11)6(12)7(13)14;1-4(8)2-7(13,6(11)12)3-5(9)10;1-4(8)2-5(7(11)12)3-6(9)10;1-6(8)4-2-3-5-7(9)10;1-5(7)3-2-4-6(8)9/h2-11H2,1H3,(H,15,16);2-9H2,1H3,(H,13,14);2-8H2,1H3,(H,12,13);2-6H2,1H3,(H,10,11);3-6,9-12H,1H3,(H,13,14);13H,2-3H2,1H3,(H,9,10)(H,11,12);5H,2-3H2,1H3,(H,9,10)(H,11,12);2-5H2,1H3,(H,9,10);2-4H2,1H3,(H,8,9). The maximum atomic E-state index is 10.7. The van der Waals surface area contributed by atoms with E-state index in [0.29, 0.717) is 64.2 Å². The van der Waals surface area contributed by atoms with Gasteiger partial charge in [-0.2, -0.15) is 0 Å². The second-order valence-electron chi connectivity index (χ2n) is 26.6. The fraction of sp³-hybridized carbons (Fsp3) is 0.737. The molecule has 0 saturated heterocycles. The lowest BCUT2D eigenvalue weighted by molar-refractivity contribution is -0.167. The predicted molar refractivity (Wildman–Crippen MR) is 402 cm³/mol. The molecule has 0 saturated carbocycles. The first-order valence-corrected chi connectivity index (χ1v) is 37.1. The van der Waals surface area contributed by atoms with Crippen LogP contribution < -0.4 is 0 Å². The van der Waals surface area contributed by atoms with Crippen molar-refractivity contribution in [3.05, 3.63) is 0 Å². The van der Waals surface area contributed by atoms with Crippen LogP contribution in [0.2, 0.25) is 0 Å². The number of hydrogen-bond donors (Lipinski definition) is 16. The van der Waals surface area contributed by atoms with Gasteiger partial charge >= 0.3 is 65.7 Å². The SMILES string of the molecule is CC(=O)C(O)C(O)C(O)C(O)C(=O)O.CC(=O)CC(CC(=O)O)C(=O)O.CC(=O)CC(O)(CC(=O)O)C(=O)O.CC(=O)CCCC(=O)O.CC(=O)CCCCC(=O)O.CC(=O)CCCCCC(=O)O.CC(=O)CCCCCCCC(=O)O.CC(=O)CCCCCCCCC(=O)O.CC(=O)CCCCCCCCCCC(=O)O. The zero-order chi connectivity index (χ0) is 88.9. The highest BCUT2D eigenvalue weighted by atomic mass is 16.4. The van der Waals surface area contributed by atoms with Crippen molar-refractivity contribution in [2.75, 3.05) is 0 Å². The van der Waals surface area contributed by atoms with Gasteiger partial charge < -0.3 is 115 Å². The molecule has 6 atom stereocenters. The van der Waals surface area contributed by atoms with Gasteiger partial charge in [-0.15, -0.1) is 0 Å². The van der Waals surface area contributed by atoms with Crippen molar-refractivity contribution in [1.82, 2.24) is 0 Å². The van der Waals surface area contributed by atoms with Crippen LogP contribution in [0, 0.1) is 5.92 Å². The molecule has 0 aromatic heterocycles. The molecular weight excluding hydrogens is 1490 g/mol. The van der Waals surface area contributed by atoms with Crippen molar-refractivity contribution in [3.63, 3.8) is 0 Å². The molecule has 0 bridgehead atoms. The summed E-state index contributed by atoms with van der Waals surface area (Å²) in [6, 6.07) is 0. The second-order valence-corrected chi connectivity index (χ2v) is 26.6. The molecule has 0 aromatic carbocycles. The third-order valence-corrected chi connectivity index (χ3v) is 14.6. The van der Waals surface area contributed by atoms with Gasteiger partial charge in [0, 0.05) is 89.9 Å². The largest absolute Gasteiger partial charge is 0.481 e. The number of unbranched alkanes of at least 4 members (excludes halogenated alkanes) is 19. The molecule has 0 heterocycles. The first kappa shape index (κ1) is 121. The van der Waals surface area contributed by atoms with E-state index < -0.39 is 132 Å². The molecule has 0 aliphatic heterocycles. The van der Waals surface area contributed by atoms with Crippen molar-refractivity contribution < 1.29 is 178 Å². The molecule has 0 radical (unpaired) electrons. The van der Waals surface area contributed by atoms with Crippen LogP contribution in [0.3, 0.4) is 0 Å². The molecule has 0 amide bonds. The summed E-state index contributed by atoms with van der Waals surface area (Å²) in [5.74, 6) is -13.6. The molecule has 0 rings (SSSR count). The van der Waals surface area contributed by atoms with Crippen molar-refractivity contribution >= 4 is 118 Å². The number of aliphatic hydroxyl groups excluding tert-OH is 4. The fourth-order valence-electron chi connectivity index (χ4n) is 8.65. The number of carboxylic acids is 11. The quantitative estimate of drug-likeness (QED) is 0.0253. The van der Waals surface area contributed by atoms with Gasteiger partial charge in [-0.05, 0) is 133 Å². The van der Waals surface area contributed by atoms with Gasteiger partial charge in [0.2, 0.25) is 0 Å². The van der Waals surface area contributed by atoms with E-state index >= 15 is 0 Å². The number of hydrogen-bond acceptors (Lipinski definition) is 25. The molecule has 0 spiro atoms. The van der Waals surface area contributed by atoms with Crippen LogP contribution in [0.25, 0.3) is 0 Å². The fourth-order valence-corrected chi connectivity index (χ4v) is 8.65. The molecule has 36 heteroatoms. The topological polar surface area (TPSA) is 665 Å². The highest BCUT2D eigenvalue weighted by Crippen LogP contribution is 2.17. The number of aliphatic hydroxyl groups is 5. The molecule has 112 heavy (non-hydrogen) atoms. The molecule has 650 valence electrons. The summed E-state index contributed by atoms with van der Waals surface area (Å²) in [6.07, 6.45) is 17.8. The Morgan fingerprint density at radius 2 is 0.438 bits per heavy atom. The van der Waals surface area contributed by atoms with E-state index in [9.17, 15) is 101 Å². The molecule has 0 fully saturated rings. The van der Waals surface area contributed by atoms with Crippen LogP contribution in [-0.2, 0) is 95.9 Å². The van der Waals surface area contributed by atoms with E-state index in [1.165, 1.54) is 40.0 Å². The number of Topliss-reactive ketones (excluding diaryl/α,β-unsaturated/α-hetero) is 9. The van der Waals surface area contributed by atoms with Crippen molar-refractivity contribution in [2.24, 2.45) is 5.92 Å². The van der Waals surface area contributed by atoms with Gasteiger partial charge in [0.1, 0.15) is 64.6 Å².